The number of nitrogens with zero attached hydrogens (tertiary/aromatic N) is 7. The zero-order valence-electron chi connectivity index (χ0n) is 42.6. The number of hydrogen-bond acceptors (Lipinski definition) is 12. The lowest BCUT2D eigenvalue weighted by Crippen LogP contribution is -2.20. The Morgan fingerprint density at radius 2 is 1.19 bits per heavy atom. The zero-order chi connectivity index (χ0) is 57.2. The van der Waals surface area contributed by atoms with Crippen molar-refractivity contribution in [3.05, 3.63) is 140 Å². The SMILES string of the molecule is CCOC(=O)Cn1nc(C(F)F)c2c1C(=O)C1CC21.CCOC(=O)Cn1nc(C(F)F)c2c1CC1CC21.NC(=O)c1cc(-c2cccnc2[C@@H](CC(=O)Cn2nc(C(F)F)c3c2C(=O)C2CC32)Cc2cc(F)cc(F)c2)ccc1F. The number of hydrogen-bond donors (Lipinski definition) is 1. The Balaban J connectivity index is 0.000000159. The van der Waals surface area contributed by atoms with E-state index >= 15 is 0 Å². The maximum Gasteiger partial charge on any atom is 0.327 e. The molecule has 3 saturated carbocycles. The second-order valence-corrected chi connectivity index (χ2v) is 20.4. The highest BCUT2D eigenvalue weighted by Crippen LogP contribution is 2.60. The number of nitrogens with two attached hydrogens (primary N) is 1. The highest BCUT2D eigenvalue weighted by Gasteiger charge is 2.58. The van der Waals surface area contributed by atoms with Gasteiger partial charge in [-0.15, -0.1) is 0 Å². The average molecular weight is 1120 g/mol. The number of carbonyl (C=O) groups is 6. The summed E-state index contributed by atoms with van der Waals surface area (Å²) in [5.74, 6) is -6.50. The molecular formula is C55H49F9N8O8. The van der Waals surface area contributed by atoms with E-state index in [2.05, 4.69) is 20.3 Å². The fourth-order valence-electron chi connectivity index (χ4n) is 11.6. The molecule has 4 aromatic heterocycles. The Morgan fingerprint density at radius 3 is 1.74 bits per heavy atom. The molecule has 3 fully saturated rings. The van der Waals surface area contributed by atoms with Crippen LogP contribution in [0.25, 0.3) is 11.1 Å². The summed E-state index contributed by atoms with van der Waals surface area (Å²) in [6.45, 7) is 3.01. The summed E-state index contributed by atoms with van der Waals surface area (Å²) in [6, 6.07) is 9.87. The van der Waals surface area contributed by atoms with E-state index in [1.165, 1.54) is 23.0 Å². The minimum Gasteiger partial charge on any atom is -0.465 e. The maximum atomic E-state index is 14.2. The van der Waals surface area contributed by atoms with Gasteiger partial charge in [0.25, 0.3) is 25.2 Å². The Morgan fingerprint density at radius 1 is 0.650 bits per heavy atom. The first-order valence-corrected chi connectivity index (χ1v) is 25.7. The lowest BCUT2D eigenvalue weighted by Gasteiger charge is -2.20. The molecule has 2 N–H and O–H groups in total. The van der Waals surface area contributed by atoms with Gasteiger partial charge in [0.05, 0.1) is 24.5 Å². The van der Waals surface area contributed by atoms with Gasteiger partial charge < -0.3 is 15.2 Å². The van der Waals surface area contributed by atoms with E-state index in [-0.39, 0.29) is 120 Å². The predicted molar refractivity (Wildman–Crippen MR) is 260 cm³/mol. The van der Waals surface area contributed by atoms with Crippen molar-refractivity contribution in [2.24, 2.45) is 23.5 Å². The van der Waals surface area contributed by atoms with Crippen LogP contribution in [0.15, 0.2) is 54.7 Å². The molecule has 0 spiro atoms. The second-order valence-electron chi connectivity index (χ2n) is 20.4. The molecule has 2 aromatic carbocycles. The first kappa shape index (κ1) is 55.3. The molecule has 25 heteroatoms. The van der Waals surface area contributed by atoms with Crippen LogP contribution >= 0.6 is 0 Å². The van der Waals surface area contributed by atoms with E-state index in [0.717, 1.165) is 46.1 Å². The number of alkyl halides is 6. The van der Waals surface area contributed by atoms with Crippen LogP contribution < -0.4 is 5.73 Å². The van der Waals surface area contributed by atoms with Crippen molar-refractivity contribution in [3.63, 3.8) is 0 Å². The third-order valence-corrected chi connectivity index (χ3v) is 15.1. The molecule has 6 aliphatic rings. The number of primary amides is 1. The number of rotatable bonds is 18. The molecule has 6 aliphatic carbocycles. The number of aromatic nitrogens is 7. The van der Waals surface area contributed by atoms with Gasteiger partial charge in [0.2, 0.25) is 0 Å². The predicted octanol–water partition coefficient (Wildman–Crippen LogP) is 9.41. The molecule has 420 valence electrons. The van der Waals surface area contributed by atoms with Crippen LogP contribution in [-0.2, 0) is 56.3 Å². The summed E-state index contributed by atoms with van der Waals surface area (Å²) in [7, 11) is 0. The normalized spacial score (nSPS) is 20.4. The number of amides is 1. The largest absolute Gasteiger partial charge is 0.465 e. The van der Waals surface area contributed by atoms with Crippen molar-refractivity contribution < 1.29 is 77.8 Å². The van der Waals surface area contributed by atoms with E-state index in [0.29, 0.717) is 52.8 Å². The fourth-order valence-corrected chi connectivity index (χ4v) is 11.6. The van der Waals surface area contributed by atoms with E-state index in [4.69, 9.17) is 15.2 Å². The van der Waals surface area contributed by atoms with Crippen molar-refractivity contribution in [1.29, 1.82) is 0 Å². The standard InChI is InChI=1S/C31H23F5N4O3.C12H12F2N2O3.C12H14F2N2O2/c32-17-7-14(8-18(33)11-17)6-16(26-20(2-1-5-38-26)15-3-4-24(34)23(10-15)31(37)43)9-19(41)13-40-28-25(27(39-40)30(35)36)21-12-22(21)29(28)42;1-2-19-7(17)4-16-10-8(9(15-16)12(13)14)5-3-6(5)11(10)18;1-2-18-9(17)5-16-8-4-6-3-7(6)10(8)11(15-16)12(13)14/h1-5,7-8,10-11,16,21-22,30H,6,9,12-13H2,(H2,37,43);5-6,12H,2-4H2,1H3;6-7,12H,2-5H2,1H3/t16-,21?,22?;;/m1../s1. The van der Waals surface area contributed by atoms with E-state index in [1.807, 2.05) is 0 Å². The number of ketones is 3. The number of carbonyl (C=O) groups excluding carboxylic acids is 6. The van der Waals surface area contributed by atoms with Gasteiger partial charge in [0.15, 0.2) is 17.3 Å². The number of halogens is 9. The number of ether oxygens (including phenoxy) is 2. The monoisotopic (exact) mass is 1120 g/mol. The summed E-state index contributed by atoms with van der Waals surface area (Å²) >= 11 is 0. The molecule has 12 rings (SSSR count). The minimum atomic E-state index is -2.91. The number of benzene rings is 2. The molecule has 16 nitrogen and oxygen atoms in total. The second kappa shape index (κ2) is 21.9. The van der Waals surface area contributed by atoms with Crippen LogP contribution in [0.5, 0.6) is 0 Å². The van der Waals surface area contributed by atoms with Gasteiger partial charge in [-0.05, 0) is 111 Å². The van der Waals surface area contributed by atoms with Gasteiger partial charge in [0, 0.05) is 64.4 Å². The first-order valence-electron chi connectivity index (χ1n) is 25.7. The van der Waals surface area contributed by atoms with Crippen LogP contribution in [-0.4, -0.2) is 82.7 Å². The van der Waals surface area contributed by atoms with Gasteiger partial charge in [-0.25, -0.2) is 44.2 Å². The zero-order valence-corrected chi connectivity index (χ0v) is 42.6. The fraction of sp³-hybridized carbons (Fsp3) is 0.418. The number of Topliss-reactive ketones (excluding diaryl/α,β-unsaturated/α-hetero) is 3. The summed E-state index contributed by atoms with van der Waals surface area (Å²) in [5, 5.41) is 11.5. The Bertz CT molecular complexity index is 3480. The van der Waals surface area contributed by atoms with Gasteiger partial charge in [-0.1, -0.05) is 12.1 Å². The van der Waals surface area contributed by atoms with Crippen molar-refractivity contribution in [2.45, 2.75) is 115 Å². The van der Waals surface area contributed by atoms with Gasteiger partial charge in [-0.3, -0.25) is 43.1 Å². The summed E-state index contributed by atoms with van der Waals surface area (Å²) in [4.78, 5) is 77.3. The quantitative estimate of drug-likeness (QED) is 0.0630. The smallest absolute Gasteiger partial charge is 0.327 e. The molecule has 6 aromatic rings. The van der Waals surface area contributed by atoms with Crippen LogP contribution in [0.4, 0.5) is 39.5 Å². The van der Waals surface area contributed by atoms with Crippen LogP contribution in [0.2, 0.25) is 0 Å². The van der Waals surface area contributed by atoms with E-state index in [9.17, 15) is 68.3 Å². The van der Waals surface area contributed by atoms with Crippen molar-refractivity contribution in [3.8, 4) is 11.1 Å². The molecule has 0 radical (unpaired) electrons. The summed E-state index contributed by atoms with van der Waals surface area (Å²) in [5.41, 5.74) is 7.50. The third-order valence-electron chi connectivity index (χ3n) is 15.1. The number of fused-ring (bicyclic) bond motifs is 9. The molecule has 0 aliphatic heterocycles. The molecule has 4 heterocycles. The minimum absolute atomic E-state index is 0.0254. The van der Waals surface area contributed by atoms with Crippen molar-refractivity contribution >= 4 is 35.2 Å². The van der Waals surface area contributed by atoms with E-state index < -0.39 is 78.5 Å². The molecule has 1 amide bonds. The summed E-state index contributed by atoms with van der Waals surface area (Å²) < 4.78 is 135. The highest BCUT2D eigenvalue weighted by molar-refractivity contribution is 6.06. The molecule has 6 unspecified atom stereocenters. The van der Waals surface area contributed by atoms with Crippen molar-refractivity contribution in [2.75, 3.05) is 13.2 Å². The van der Waals surface area contributed by atoms with Gasteiger partial charge in [-0.2, -0.15) is 15.3 Å². The van der Waals surface area contributed by atoms with Gasteiger partial charge in [0.1, 0.15) is 65.6 Å². The molecule has 0 bridgehead atoms. The molecule has 80 heavy (non-hydrogen) atoms. The van der Waals surface area contributed by atoms with Crippen LogP contribution in [0.1, 0.15) is 165 Å². The third kappa shape index (κ3) is 10.8. The maximum absolute atomic E-state index is 14.2. The Labute approximate surface area is 448 Å². The lowest BCUT2D eigenvalue weighted by molar-refractivity contribution is -0.145. The lowest BCUT2D eigenvalue weighted by atomic mass is 9.86. The Kier molecular flexibility index (Phi) is 15.2. The number of esters is 2. The Hall–Kier alpha value is -7.99. The first-order chi connectivity index (χ1) is 38.2. The van der Waals surface area contributed by atoms with E-state index in [1.54, 1.807) is 26.0 Å². The van der Waals surface area contributed by atoms with Gasteiger partial charge >= 0.3 is 11.9 Å². The average Bonchev–Trinajstić information content (AvgIpc) is 4.45. The molecular weight excluding hydrogens is 1070 g/mol. The molecule has 7 atom stereocenters. The topological polar surface area (TPSA) is 213 Å². The molecule has 0 saturated heterocycles. The highest BCUT2D eigenvalue weighted by atomic mass is 19.3. The summed E-state index contributed by atoms with van der Waals surface area (Å²) in [6.07, 6.45) is -4.24. The van der Waals surface area contributed by atoms with Crippen LogP contribution in [0.3, 0.4) is 0 Å². The van der Waals surface area contributed by atoms with Crippen molar-refractivity contribution in [1.82, 2.24) is 34.3 Å². The van der Waals surface area contributed by atoms with Crippen LogP contribution in [0, 0.1) is 35.2 Å². The number of pyridine rings is 1.